The fourth-order valence-electron chi connectivity index (χ4n) is 3.39. The Morgan fingerprint density at radius 3 is 2.36 bits per heavy atom. The fourth-order valence-corrected chi connectivity index (χ4v) is 3.39. The molecule has 0 radical (unpaired) electrons. The summed E-state index contributed by atoms with van der Waals surface area (Å²) in [5.74, 6) is 1.43. The van der Waals surface area contributed by atoms with Crippen molar-refractivity contribution in [1.29, 1.82) is 0 Å². The van der Waals surface area contributed by atoms with Crippen LogP contribution in [0.2, 0.25) is 0 Å². The van der Waals surface area contributed by atoms with E-state index in [1.807, 2.05) is 0 Å². The van der Waals surface area contributed by atoms with Gasteiger partial charge < -0.3 is 0 Å². The van der Waals surface area contributed by atoms with Crippen molar-refractivity contribution < 1.29 is 4.79 Å². The number of carbonyl (C=O) groups excluding carboxylic acids is 1. The molecule has 0 amide bonds. The lowest BCUT2D eigenvalue weighted by Gasteiger charge is -2.48. The number of isocyanates is 1. The predicted octanol–water partition coefficient (Wildman–Crippen LogP) is 3.07. The van der Waals surface area contributed by atoms with Gasteiger partial charge in [0.15, 0.2) is 0 Å². The summed E-state index contributed by atoms with van der Waals surface area (Å²) in [5, 5.41) is 0. The molecule has 0 spiro atoms. The summed E-state index contributed by atoms with van der Waals surface area (Å²) in [7, 11) is 0. The molecule has 2 heteroatoms. The van der Waals surface area contributed by atoms with Crippen molar-refractivity contribution in [2.45, 2.75) is 57.4 Å². The first-order valence-corrected chi connectivity index (χ1v) is 5.86. The van der Waals surface area contributed by atoms with E-state index in [4.69, 9.17) is 0 Å². The van der Waals surface area contributed by atoms with Gasteiger partial charge in [0.1, 0.15) is 0 Å². The van der Waals surface area contributed by atoms with E-state index in [0.717, 1.165) is 18.8 Å². The van der Waals surface area contributed by atoms with Gasteiger partial charge in [0.25, 0.3) is 0 Å². The molecule has 2 nitrogen and oxygen atoms in total. The van der Waals surface area contributed by atoms with E-state index >= 15 is 0 Å². The van der Waals surface area contributed by atoms with Crippen LogP contribution in [0.4, 0.5) is 0 Å². The molecule has 2 rings (SSSR count). The molecule has 2 fully saturated rings. The number of nitrogens with zero attached hydrogens (tertiary/aromatic N) is 1. The molecule has 0 unspecified atom stereocenters. The van der Waals surface area contributed by atoms with Crippen LogP contribution in [-0.2, 0) is 4.79 Å². The minimum absolute atomic E-state index is 0.0155. The Labute approximate surface area is 85.8 Å². The Bertz CT molecular complexity index is 243. The standard InChI is InChI=1S/C12H19NO/c1-10-7-12(8-10,13-9-14)11-5-3-2-4-6-11/h10-11H,2-8H2,1H3. The van der Waals surface area contributed by atoms with Crippen LogP contribution in [0.5, 0.6) is 0 Å². The zero-order chi connectivity index (χ0) is 10.0. The topological polar surface area (TPSA) is 29.4 Å². The van der Waals surface area contributed by atoms with Crippen molar-refractivity contribution in [2.75, 3.05) is 0 Å². The minimum atomic E-state index is 0.0155. The van der Waals surface area contributed by atoms with Crippen LogP contribution in [0.3, 0.4) is 0 Å². The molecule has 0 N–H and O–H groups in total. The molecule has 14 heavy (non-hydrogen) atoms. The maximum absolute atomic E-state index is 10.5. The van der Waals surface area contributed by atoms with Crippen molar-refractivity contribution in [2.24, 2.45) is 16.8 Å². The lowest BCUT2D eigenvalue weighted by Crippen LogP contribution is -2.48. The third-order valence-corrected chi connectivity index (χ3v) is 4.04. The average molecular weight is 193 g/mol. The number of aliphatic imine (C=N–C) groups is 1. The van der Waals surface area contributed by atoms with Gasteiger partial charge >= 0.3 is 0 Å². The Kier molecular flexibility index (Phi) is 2.73. The molecular formula is C12H19NO. The maximum atomic E-state index is 10.5. The van der Waals surface area contributed by atoms with Gasteiger partial charge in [0, 0.05) is 0 Å². The largest absolute Gasteiger partial charge is 0.235 e. The molecule has 0 aliphatic heterocycles. The summed E-state index contributed by atoms with van der Waals surface area (Å²) in [6, 6.07) is 0. The van der Waals surface area contributed by atoms with Gasteiger partial charge in [-0.15, -0.1) is 0 Å². The first-order chi connectivity index (χ1) is 6.77. The van der Waals surface area contributed by atoms with Gasteiger partial charge in [-0.2, -0.15) is 4.99 Å². The molecule has 2 aliphatic rings. The highest BCUT2D eigenvalue weighted by Gasteiger charge is 2.48. The van der Waals surface area contributed by atoms with Gasteiger partial charge in [-0.25, -0.2) is 4.79 Å². The zero-order valence-electron chi connectivity index (χ0n) is 8.96. The summed E-state index contributed by atoms with van der Waals surface area (Å²) in [6.45, 7) is 2.25. The molecule has 78 valence electrons. The first-order valence-electron chi connectivity index (χ1n) is 5.86. The minimum Gasteiger partial charge on any atom is -0.211 e. The van der Waals surface area contributed by atoms with Crippen LogP contribution in [0.1, 0.15) is 51.9 Å². The molecule has 2 saturated carbocycles. The lowest BCUT2D eigenvalue weighted by molar-refractivity contribution is 0.0716. The molecular weight excluding hydrogens is 174 g/mol. The van der Waals surface area contributed by atoms with Crippen molar-refractivity contribution >= 4 is 6.08 Å². The average Bonchev–Trinajstić information content (AvgIpc) is 2.17. The van der Waals surface area contributed by atoms with Gasteiger partial charge in [-0.05, 0) is 37.5 Å². The van der Waals surface area contributed by atoms with Crippen LogP contribution < -0.4 is 0 Å². The molecule has 0 aromatic heterocycles. The zero-order valence-corrected chi connectivity index (χ0v) is 8.96. The highest BCUT2D eigenvalue weighted by atomic mass is 16.1. The molecule has 2 aliphatic carbocycles. The van der Waals surface area contributed by atoms with E-state index in [1.54, 1.807) is 6.08 Å². The second kappa shape index (κ2) is 3.86. The summed E-state index contributed by atoms with van der Waals surface area (Å²) in [5.41, 5.74) is 0.0155. The first kappa shape index (κ1) is 9.92. The normalized spacial score (nSPS) is 38.5. The molecule has 0 bridgehead atoms. The highest BCUT2D eigenvalue weighted by molar-refractivity contribution is 5.36. The van der Waals surface area contributed by atoms with Crippen molar-refractivity contribution in [3.8, 4) is 0 Å². The Hall–Kier alpha value is -0.620. The van der Waals surface area contributed by atoms with Gasteiger partial charge in [-0.3, -0.25) is 0 Å². The Balaban J connectivity index is 2.06. The van der Waals surface area contributed by atoms with E-state index < -0.39 is 0 Å². The quantitative estimate of drug-likeness (QED) is 0.489. The third-order valence-electron chi connectivity index (χ3n) is 4.04. The molecule has 0 atom stereocenters. The van der Waals surface area contributed by atoms with Crippen LogP contribution in [-0.4, -0.2) is 11.6 Å². The third kappa shape index (κ3) is 1.64. The SMILES string of the molecule is CC1CC(N=C=O)(C2CCCCC2)C1. The second-order valence-corrected chi connectivity index (χ2v) is 5.16. The van der Waals surface area contributed by atoms with Gasteiger partial charge in [0.05, 0.1) is 5.54 Å². The van der Waals surface area contributed by atoms with Crippen LogP contribution in [0.15, 0.2) is 4.99 Å². The number of rotatable bonds is 2. The Morgan fingerprint density at radius 1 is 1.21 bits per heavy atom. The van der Waals surface area contributed by atoms with E-state index in [1.165, 1.54) is 32.1 Å². The summed E-state index contributed by atoms with van der Waals surface area (Å²) in [6.07, 6.45) is 10.6. The van der Waals surface area contributed by atoms with E-state index in [-0.39, 0.29) is 5.54 Å². The molecule has 0 saturated heterocycles. The van der Waals surface area contributed by atoms with E-state index in [9.17, 15) is 4.79 Å². The van der Waals surface area contributed by atoms with Crippen molar-refractivity contribution in [3.63, 3.8) is 0 Å². The maximum Gasteiger partial charge on any atom is 0.235 e. The van der Waals surface area contributed by atoms with Crippen molar-refractivity contribution in [1.82, 2.24) is 0 Å². The van der Waals surface area contributed by atoms with E-state index in [0.29, 0.717) is 5.92 Å². The monoisotopic (exact) mass is 193 g/mol. The molecule has 0 aromatic carbocycles. The fraction of sp³-hybridized carbons (Fsp3) is 0.917. The summed E-state index contributed by atoms with van der Waals surface area (Å²) >= 11 is 0. The van der Waals surface area contributed by atoms with Crippen LogP contribution in [0, 0.1) is 11.8 Å². The van der Waals surface area contributed by atoms with Gasteiger partial charge in [-0.1, -0.05) is 26.2 Å². The Morgan fingerprint density at radius 2 is 1.86 bits per heavy atom. The molecule has 0 aromatic rings. The van der Waals surface area contributed by atoms with Crippen LogP contribution in [0.25, 0.3) is 0 Å². The predicted molar refractivity (Wildman–Crippen MR) is 55.8 cm³/mol. The molecule has 0 heterocycles. The highest BCUT2D eigenvalue weighted by Crippen LogP contribution is 2.50. The second-order valence-electron chi connectivity index (χ2n) is 5.16. The summed E-state index contributed by atoms with van der Waals surface area (Å²) in [4.78, 5) is 14.6. The van der Waals surface area contributed by atoms with E-state index in [2.05, 4.69) is 11.9 Å². The number of hydrogen-bond acceptors (Lipinski definition) is 2. The van der Waals surface area contributed by atoms with Crippen LogP contribution >= 0.6 is 0 Å². The summed E-state index contributed by atoms with van der Waals surface area (Å²) < 4.78 is 0. The number of hydrogen-bond donors (Lipinski definition) is 0. The van der Waals surface area contributed by atoms with Gasteiger partial charge in [0.2, 0.25) is 6.08 Å². The smallest absolute Gasteiger partial charge is 0.211 e. The lowest BCUT2D eigenvalue weighted by atomic mass is 9.60. The van der Waals surface area contributed by atoms with Crippen molar-refractivity contribution in [3.05, 3.63) is 0 Å².